The largest absolute Gasteiger partial charge is 0.314 e. The van der Waals surface area contributed by atoms with E-state index in [0.29, 0.717) is 5.41 Å². The summed E-state index contributed by atoms with van der Waals surface area (Å²) in [7, 11) is 0. The summed E-state index contributed by atoms with van der Waals surface area (Å²) in [5, 5.41) is 3.59. The van der Waals surface area contributed by atoms with Crippen LogP contribution in [0.3, 0.4) is 0 Å². The van der Waals surface area contributed by atoms with Crippen LogP contribution in [-0.2, 0) is 0 Å². The molecule has 0 radical (unpaired) electrons. The molecule has 1 aliphatic heterocycles. The van der Waals surface area contributed by atoms with Gasteiger partial charge in [0.2, 0.25) is 0 Å². The molecule has 1 aliphatic rings. The van der Waals surface area contributed by atoms with Crippen molar-refractivity contribution in [1.82, 2.24) is 5.32 Å². The average Bonchev–Trinajstić information content (AvgIpc) is 2.50. The molecule has 1 saturated heterocycles. The van der Waals surface area contributed by atoms with Gasteiger partial charge in [0.15, 0.2) is 0 Å². The molecule has 13 heavy (non-hydrogen) atoms. The second kappa shape index (κ2) is 4.45. The predicted molar refractivity (Wildman–Crippen MR) is 58.9 cm³/mol. The maximum absolute atomic E-state index is 3.59. The van der Waals surface area contributed by atoms with Crippen molar-refractivity contribution in [1.29, 1.82) is 0 Å². The van der Waals surface area contributed by atoms with Gasteiger partial charge in [-0.15, -0.1) is 0 Å². The van der Waals surface area contributed by atoms with Crippen molar-refractivity contribution in [3.8, 4) is 0 Å². The molecule has 2 unspecified atom stereocenters. The fourth-order valence-electron chi connectivity index (χ4n) is 2.06. The predicted octanol–water partition coefficient (Wildman–Crippen LogP) is 3.20. The van der Waals surface area contributed by atoms with Gasteiger partial charge in [-0.25, -0.2) is 0 Å². The van der Waals surface area contributed by atoms with Gasteiger partial charge in [0.25, 0.3) is 0 Å². The fraction of sp³-hybridized carbons (Fsp3) is 1.00. The molecule has 2 atom stereocenters. The Bertz CT molecular complexity index is 140. The van der Waals surface area contributed by atoms with Crippen LogP contribution in [0.4, 0.5) is 0 Å². The molecule has 1 rings (SSSR count). The summed E-state index contributed by atoms with van der Waals surface area (Å²) in [5.74, 6) is 0.863. The molecule has 0 aromatic carbocycles. The van der Waals surface area contributed by atoms with E-state index >= 15 is 0 Å². The van der Waals surface area contributed by atoms with E-state index in [9.17, 15) is 0 Å². The Kier molecular flexibility index (Phi) is 3.78. The van der Waals surface area contributed by atoms with E-state index < -0.39 is 0 Å². The normalized spacial score (nSPS) is 26.3. The Labute approximate surface area is 83.3 Å². The first kappa shape index (κ1) is 11.0. The van der Waals surface area contributed by atoms with Gasteiger partial charge in [-0.1, -0.05) is 27.7 Å². The molecule has 0 aromatic rings. The molecule has 0 spiro atoms. The molecule has 1 fully saturated rings. The summed E-state index contributed by atoms with van der Waals surface area (Å²) >= 11 is 0. The summed E-state index contributed by atoms with van der Waals surface area (Å²) in [5.41, 5.74) is 0.507. The van der Waals surface area contributed by atoms with Crippen LogP contribution in [0.2, 0.25) is 0 Å². The van der Waals surface area contributed by atoms with Gasteiger partial charge >= 0.3 is 0 Å². The summed E-state index contributed by atoms with van der Waals surface area (Å²) in [6.45, 7) is 10.6. The molecule has 78 valence electrons. The summed E-state index contributed by atoms with van der Waals surface area (Å²) in [4.78, 5) is 0. The van der Waals surface area contributed by atoms with Crippen LogP contribution in [0, 0.1) is 11.3 Å². The maximum atomic E-state index is 3.59. The Morgan fingerprint density at radius 1 is 1.38 bits per heavy atom. The van der Waals surface area contributed by atoms with Gasteiger partial charge in [0, 0.05) is 6.04 Å². The van der Waals surface area contributed by atoms with Crippen molar-refractivity contribution < 1.29 is 0 Å². The summed E-state index contributed by atoms with van der Waals surface area (Å²) in [6, 6.07) is 0.808. The van der Waals surface area contributed by atoms with E-state index in [1.807, 2.05) is 0 Å². The van der Waals surface area contributed by atoms with Crippen molar-refractivity contribution in [2.45, 2.75) is 59.4 Å². The zero-order valence-electron chi connectivity index (χ0n) is 9.69. The van der Waals surface area contributed by atoms with E-state index in [-0.39, 0.29) is 0 Å². The van der Waals surface area contributed by atoms with E-state index in [2.05, 4.69) is 33.0 Å². The lowest BCUT2D eigenvalue weighted by Crippen LogP contribution is -2.29. The van der Waals surface area contributed by atoms with Crippen LogP contribution >= 0.6 is 0 Å². The molecule has 0 saturated carbocycles. The van der Waals surface area contributed by atoms with Crippen LogP contribution in [0.5, 0.6) is 0 Å². The lowest BCUT2D eigenvalue weighted by molar-refractivity contribution is 0.299. The van der Waals surface area contributed by atoms with Crippen LogP contribution in [0.1, 0.15) is 53.4 Å². The van der Waals surface area contributed by atoms with Crippen molar-refractivity contribution in [3.63, 3.8) is 0 Å². The Balaban J connectivity index is 2.20. The van der Waals surface area contributed by atoms with Crippen LogP contribution in [-0.4, -0.2) is 12.6 Å². The Hall–Kier alpha value is -0.0400. The summed E-state index contributed by atoms with van der Waals surface area (Å²) in [6.07, 6.45) is 5.50. The Morgan fingerprint density at radius 2 is 2.08 bits per heavy atom. The number of hydrogen-bond donors (Lipinski definition) is 1. The van der Waals surface area contributed by atoms with Crippen LogP contribution in [0.25, 0.3) is 0 Å². The molecular weight excluding hydrogens is 158 g/mol. The van der Waals surface area contributed by atoms with Gasteiger partial charge in [0.1, 0.15) is 0 Å². The fourth-order valence-corrected chi connectivity index (χ4v) is 2.06. The number of nitrogens with one attached hydrogen (secondary N) is 1. The number of rotatable bonds is 3. The number of hydrogen-bond acceptors (Lipinski definition) is 1. The third-order valence-electron chi connectivity index (χ3n) is 3.13. The molecule has 0 bridgehead atoms. The van der Waals surface area contributed by atoms with E-state index in [0.717, 1.165) is 12.0 Å². The maximum Gasteiger partial charge on any atom is 0.00931 e. The molecule has 0 aliphatic carbocycles. The van der Waals surface area contributed by atoms with Crippen molar-refractivity contribution >= 4 is 0 Å². The van der Waals surface area contributed by atoms with Gasteiger partial charge < -0.3 is 5.32 Å². The highest BCUT2D eigenvalue weighted by Gasteiger charge is 2.22. The molecular formula is C12H25N. The average molecular weight is 183 g/mol. The zero-order valence-corrected chi connectivity index (χ0v) is 9.69. The zero-order chi connectivity index (χ0) is 9.90. The minimum absolute atomic E-state index is 0.507. The van der Waals surface area contributed by atoms with Crippen molar-refractivity contribution in [3.05, 3.63) is 0 Å². The highest BCUT2D eigenvalue weighted by molar-refractivity contribution is 4.80. The third kappa shape index (κ3) is 4.12. The van der Waals surface area contributed by atoms with Crippen LogP contribution in [0.15, 0.2) is 0 Å². The van der Waals surface area contributed by atoms with Gasteiger partial charge in [-0.2, -0.15) is 0 Å². The monoisotopic (exact) mass is 183 g/mol. The molecule has 1 heterocycles. The molecule has 0 aromatic heterocycles. The van der Waals surface area contributed by atoms with Crippen LogP contribution < -0.4 is 5.32 Å². The van der Waals surface area contributed by atoms with Gasteiger partial charge in [0.05, 0.1) is 0 Å². The first-order chi connectivity index (χ1) is 5.99. The minimum Gasteiger partial charge on any atom is -0.314 e. The first-order valence-electron chi connectivity index (χ1n) is 5.72. The SMILES string of the molecule is CC(CCC(C)(C)C)C1CCCN1. The highest BCUT2D eigenvalue weighted by Crippen LogP contribution is 2.26. The molecule has 1 nitrogen and oxygen atoms in total. The Morgan fingerprint density at radius 3 is 2.54 bits per heavy atom. The van der Waals surface area contributed by atoms with Gasteiger partial charge in [-0.05, 0) is 43.6 Å². The smallest absolute Gasteiger partial charge is 0.00931 e. The van der Waals surface area contributed by atoms with E-state index in [1.54, 1.807) is 0 Å². The lowest BCUT2D eigenvalue weighted by atomic mass is 9.85. The van der Waals surface area contributed by atoms with Crippen molar-refractivity contribution in [2.75, 3.05) is 6.54 Å². The minimum atomic E-state index is 0.507. The first-order valence-corrected chi connectivity index (χ1v) is 5.72. The van der Waals surface area contributed by atoms with E-state index in [4.69, 9.17) is 0 Å². The standard InChI is InChI=1S/C12H25N/c1-10(7-8-12(2,3)4)11-6-5-9-13-11/h10-11,13H,5-9H2,1-4H3. The summed E-state index contributed by atoms with van der Waals surface area (Å²) < 4.78 is 0. The molecule has 0 amide bonds. The lowest BCUT2D eigenvalue weighted by Gasteiger charge is -2.24. The third-order valence-corrected chi connectivity index (χ3v) is 3.13. The van der Waals surface area contributed by atoms with Crippen molar-refractivity contribution in [2.24, 2.45) is 11.3 Å². The highest BCUT2D eigenvalue weighted by atomic mass is 14.9. The topological polar surface area (TPSA) is 12.0 Å². The molecule has 1 N–H and O–H groups in total. The quantitative estimate of drug-likeness (QED) is 0.708. The second-order valence-corrected chi connectivity index (χ2v) is 5.78. The molecule has 1 heteroatoms. The van der Waals surface area contributed by atoms with E-state index in [1.165, 1.54) is 32.2 Å². The second-order valence-electron chi connectivity index (χ2n) is 5.78. The van der Waals surface area contributed by atoms with Gasteiger partial charge in [-0.3, -0.25) is 0 Å².